The van der Waals surface area contributed by atoms with Gasteiger partial charge >= 0.3 is 12.2 Å². The van der Waals surface area contributed by atoms with Crippen molar-refractivity contribution in [3.63, 3.8) is 0 Å². The zero-order valence-corrected chi connectivity index (χ0v) is 15.8. The Bertz CT molecular complexity index is 1020. The van der Waals surface area contributed by atoms with Gasteiger partial charge in [0.15, 0.2) is 0 Å². The first-order valence-corrected chi connectivity index (χ1v) is 8.32. The minimum absolute atomic E-state index is 0. The summed E-state index contributed by atoms with van der Waals surface area (Å²) in [6, 6.07) is 9.49. The fourth-order valence-electron chi connectivity index (χ4n) is 2.61. The summed E-state index contributed by atoms with van der Waals surface area (Å²) in [5.74, 6) is 0. The number of urea groups is 1. The summed E-state index contributed by atoms with van der Waals surface area (Å²) in [4.78, 5) is 16.0. The summed E-state index contributed by atoms with van der Waals surface area (Å²) in [6.07, 6.45) is 2.41. The molecule has 29 heavy (non-hydrogen) atoms. The van der Waals surface area contributed by atoms with Crippen LogP contribution >= 0.6 is 12.4 Å². The third-order valence-electron chi connectivity index (χ3n) is 3.82. The summed E-state index contributed by atoms with van der Waals surface area (Å²) >= 11 is 0. The number of carbonyl (C=O) groups is 1. The number of alkyl halides is 3. The van der Waals surface area contributed by atoms with E-state index >= 15 is 0 Å². The number of hydrogen-bond donors (Lipinski definition) is 3. The predicted octanol–water partition coefficient (Wildman–Crippen LogP) is 4.11. The fraction of sp³-hybridized carbons (Fsp3) is 0.158. The van der Waals surface area contributed by atoms with E-state index in [0.29, 0.717) is 11.3 Å². The van der Waals surface area contributed by atoms with Crippen molar-refractivity contribution in [2.45, 2.75) is 6.18 Å². The molecule has 3 N–H and O–H groups in total. The zero-order chi connectivity index (χ0) is 20.1. The van der Waals surface area contributed by atoms with Gasteiger partial charge in [-0.3, -0.25) is 4.40 Å². The largest absolute Gasteiger partial charge is 0.405 e. The molecular formula is C19H18ClF3N4O2. The molecule has 2 heterocycles. The molecule has 0 unspecified atom stereocenters. The first-order valence-electron chi connectivity index (χ1n) is 8.32. The molecule has 0 saturated carbocycles. The van der Waals surface area contributed by atoms with Gasteiger partial charge in [0.25, 0.3) is 0 Å². The monoisotopic (exact) mass is 426 g/mol. The minimum Gasteiger partial charge on any atom is -0.392 e. The van der Waals surface area contributed by atoms with Crippen LogP contribution in [0, 0.1) is 0 Å². The number of carbonyl (C=O) groups excluding carboxylic acids is 1. The molecule has 0 bridgehead atoms. The standard InChI is InChI=1S/C19H17F3N4O2.ClH/c20-19(21,22)12-24-18(28)25-15-5-1-4-14(10-15)16-11-23-17-9-13(3-2-8-27)6-7-26(16)17;/h1-7,9-11,27H,8,12H2,(H2,24,25,28);1H/b3-2+;. The number of amides is 2. The lowest BCUT2D eigenvalue weighted by molar-refractivity contribution is -0.122. The number of imidazole rings is 1. The molecule has 3 aromatic rings. The molecule has 0 aliphatic carbocycles. The fourth-order valence-corrected chi connectivity index (χ4v) is 2.61. The summed E-state index contributed by atoms with van der Waals surface area (Å²) < 4.78 is 38.4. The molecule has 0 radical (unpaired) electrons. The maximum atomic E-state index is 12.2. The molecular weight excluding hydrogens is 409 g/mol. The quantitative estimate of drug-likeness (QED) is 0.574. The van der Waals surface area contributed by atoms with Gasteiger partial charge in [-0.15, -0.1) is 12.4 Å². The van der Waals surface area contributed by atoms with Crippen molar-refractivity contribution in [3.05, 3.63) is 60.4 Å². The lowest BCUT2D eigenvalue weighted by Crippen LogP contribution is -2.36. The van der Waals surface area contributed by atoms with Gasteiger partial charge in [-0.25, -0.2) is 9.78 Å². The SMILES string of the molecule is Cl.O=C(NCC(F)(F)F)Nc1cccc(-c2cnc3cc(/C=C/CO)ccn23)c1. The maximum Gasteiger partial charge on any atom is 0.405 e. The lowest BCUT2D eigenvalue weighted by atomic mass is 10.1. The van der Waals surface area contributed by atoms with Crippen molar-refractivity contribution >= 4 is 35.8 Å². The molecule has 0 aliphatic rings. The van der Waals surface area contributed by atoms with E-state index in [1.165, 1.54) is 0 Å². The Kier molecular flexibility index (Phi) is 7.24. The van der Waals surface area contributed by atoms with Gasteiger partial charge in [-0.2, -0.15) is 13.2 Å². The van der Waals surface area contributed by atoms with Gasteiger partial charge < -0.3 is 15.7 Å². The Hall–Kier alpha value is -3.04. The number of hydrogen-bond acceptors (Lipinski definition) is 3. The Labute approximate surface area is 170 Å². The highest BCUT2D eigenvalue weighted by Gasteiger charge is 2.27. The highest BCUT2D eigenvalue weighted by Crippen LogP contribution is 2.24. The van der Waals surface area contributed by atoms with Crippen molar-refractivity contribution in [1.29, 1.82) is 0 Å². The van der Waals surface area contributed by atoms with E-state index in [2.05, 4.69) is 10.3 Å². The number of aliphatic hydroxyl groups excluding tert-OH is 1. The summed E-state index contributed by atoms with van der Waals surface area (Å²) in [7, 11) is 0. The van der Waals surface area contributed by atoms with Crippen LogP contribution in [-0.4, -0.2) is 39.9 Å². The molecule has 154 valence electrons. The smallest absolute Gasteiger partial charge is 0.392 e. The number of halogens is 4. The first kappa shape index (κ1) is 22.3. The Morgan fingerprint density at radius 3 is 2.76 bits per heavy atom. The van der Waals surface area contributed by atoms with Gasteiger partial charge in [0.05, 0.1) is 18.5 Å². The van der Waals surface area contributed by atoms with Crippen molar-refractivity contribution < 1.29 is 23.1 Å². The topological polar surface area (TPSA) is 78.7 Å². The van der Waals surface area contributed by atoms with Crippen molar-refractivity contribution in [1.82, 2.24) is 14.7 Å². The molecule has 0 spiro atoms. The number of pyridine rings is 1. The van der Waals surface area contributed by atoms with Crippen molar-refractivity contribution in [3.8, 4) is 11.3 Å². The van der Waals surface area contributed by atoms with E-state index in [1.807, 2.05) is 28.8 Å². The van der Waals surface area contributed by atoms with Crippen molar-refractivity contribution in [2.75, 3.05) is 18.5 Å². The molecule has 10 heteroatoms. The van der Waals surface area contributed by atoms with Crippen LogP contribution in [0.4, 0.5) is 23.7 Å². The van der Waals surface area contributed by atoms with Crippen LogP contribution in [0.5, 0.6) is 0 Å². The molecule has 2 amide bonds. The van der Waals surface area contributed by atoms with Crippen molar-refractivity contribution in [2.24, 2.45) is 0 Å². The van der Waals surface area contributed by atoms with Crippen LogP contribution in [-0.2, 0) is 0 Å². The molecule has 0 atom stereocenters. The third kappa shape index (κ3) is 5.97. The van der Waals surface area contributed by atoms with E-state index in [1.54, 1.807) is 41.9 Å². The van der Waals surface area contributed by atoms with Crippen LogP contribution in [0.1, 0.15) is 5.56 Å². The van der Waals surface area contributed by atoms with Gasteiger partial charge in [0.2, 0.25) is 0 Å². The molecule has 1 aromatic carbocycles. The average molecular weight is 427 g/mol. The van der Waals surface area contributed by atoms with Crippen LogP contribution in [0.25, 0.3) is 23.0 Å². The van der Waals surface area contributed by atoms with E-state index < -0.39 is 18.8 Å². The average Bonchev–Trinajstić information content (AvgIpc) is 3.07. The molecule has 0 fully saturated rings. The van der Waals surface area contributed by atoms with Gasteiger partial charge in [0.1, 0.15) is 12.2 Å². The van der Waals surface area contributed by atoms with Gasteiger partial charge in [-0.05, 0) is 29.8 Å². The summed E-state index contributed by atoms with van der Waals surface area (Å²) in [5, 5.41) is 13.0. The predicted molar refractivity (Wildman–Crippen MR) is 107 cm³/mol. The number of benzene rings is 1. The number of rotatable bonds is 5. The number of fused-ring (bicyclic) bond motifs is 1. The van der Waals surface area contributed by atoms with Crippen LogP contribution in [0.15, 0.2) is 54.9 Å². The molecule has 2 aromatic heterocycles. The normalized spacial score (nSPS) is 11.4. The second-order valence-electron chi connectivity index (χ2n) is 5.92. The van der Waals surface area contributed by atoms with Crippen LogP contribution < -0.4 is 10.6 Å². The van der Waals surface area contributed by atoms with Gasteiger partial charge in [0, 0.05) is 17.4 Å². The Morgan fingerprint density at radius 1 is 1.24 bits per heavy atom. The number of nitrogens with one attached hydrogen (secondary N) is 2. The van der Waals surface area contributed by atoms with E-state index in [4.69, 9.17) is 5.11 Å². The molecule has 0 aliphatic heterocycles. The van der Waals surface area contributed by atoms with E-state index in [0.717, 1.165) is 16.8 Å². The molecule has 0 saturated heterocycles. The highest BCUT2D eigenvalue weighted by atomic mass is 35.5. The van der Waals surface area contributed by atoms with Crippen LogP contribution in [0.3, 0.4) is 0 Å². The maximum absolute atomic E-state index is 12.2. The van der Waals surface area contributed by atoms with Gasteiger partial charge in [-0.1, -0.05) is 24.3 Å². The second-order valence-corrected chi connectivity index (χ2v) is 5.92. The zero-order valence-electron chi connectivity index (χ0n) is 15.0. The second kappa shape index (κ2) is 9.44. The first-order chi connectivity index (χ1) is 13.4. The summed E-state index contributed by atoms with van der Waals surface area (Å²) in [6.45, 7) is -1.46. The Morgan fingerprint density at radius 2 is 2.03 bits per heavy atom. The summed E-state index contributed by atoms with van der Waals surface area (Å²) in [5.41, 5.74) is 3.42. The molecule has 6 nitrogen and oxygen atoms in total. The third-order valence-corrected chi connectivity index (χ3v) is 3.82. The lowest BCUT2D eigenvalue weighted by Gasteiger charge is -2.10. The highest BCUT2D eigenvalue weighted by molar-refractivity contribution is 5.90. The minimum atomic E-state index is -4.47. The number of nitrogens with zero attached hydrogens (tertiary/aromatic N) is 2. The molecule has 3 rings (SSSR count). The Balaban J connectivity index is 0.00000300. The number of anilines is 1. The number of aliphatic hydroxyl groups is 1. The number of aromatic nitrogens is 2. The van der Waals surface area contributed by atoms with E-state index in [9.17, 15) is 18.0 Å². The van der Waals surface area contributed by atoms with Crippen LogP contribution in [0.2, 0.25) is 0 Å². The van der Waals surface area contributed by atoms with E-state index in [-0.39, 0.29) is 19.0 Å².